The second-order valence-corrected chi connectivity index (χ2v) is 4.38. The topological polar surface area (TPSA) is 38.3 Å². The lowest BCUT2D eigenvalue weighted by atomic mass is 10.1. The summed E-state index contributed by atoms with van der Waals surface area (Å²) in [5.74, 6) is -0.239. The highest BCUT2D eigenvalue weighted by Gasteiger charge is 2.05. The number of carbonyl (C=O) groups excluding carboxylic acids is 1. The first-order valence-corrected chi connectivity index (χ1v) is 6.77. The van der Waals surface area contributed by atoms with E-state index in [1.165, 1.54) is 18.2 Å². The quantitative estimate of drug-likeness (QED) is 0.466. The first-order valence-electron chi connectivity index (χ1n) is 6.77. The molecule has 1 aromatic carbocycles. The van der Waals surface area contributed by atoms with E-state index in [0.717, 1.165) is 18.5 Å². The largest absolute Gasteiger partial charge is 0.466 e. The molecule has 19 heavy (non-hydrogen) atoms. The van der Waals surface area contributed by atoms with Crippen molar-refractivity contribution in [3.63, 3.8) is 0 Å². The summed E-state index contributed by atoms with van der Waals surface area (Å²) in [5, 5.41) is 3.30. The molecule has 0 amide bonds. The van der Waals surface area contributed by atoms with Crippen molar-refractivity contribution in [1.82, 2.24) is 5.32 Å². The van der Waals surface area contributed by atoms with E-state index >= 15 is 0 Å². The first-order chi connectivity index (χ1) is 9.21. The summed E-state index contributed by atoms with van der Waals surface area (Å²) in [6, 6.07) is 8.57. The number of benzene rings is 1. The van der Waals surface area contributed by atoms with Crippen molar-refractivity contribution in [3.05, 3.63) is 47.0 Å². The monoisotopic (exact) mass is 261 g/mol. The van der Waals surface area contributed by atoms with E-state index in [-0.39, 0.29) is 5.97 Å². The number of methoxy groups -OCH3 is 1. The Morgan fingerprint density at radius 2 is 1.84 bits per heavy atom. The molecular formula is C16H23NO2. The van der Waals surface area contributed by atoms with Gasteiger partial charge in [0.05, 0.1) is 7.11 Å². The maximum atomic E-state index is 11.4. The molecule has 0 aliphatic heterocycles. The van der Waals surface area contributed by atoms with E-state index < -0.39 is 0 Å². The van der Waals surface area contributed by atoms with Gasteiger partial charge in [0.25, 0.3) is 0 Å². The van der Waals surface area contributed by atoms with Gasteiger partial charge in [0.2, 0.25) is 0 Å². The zero-order chi connectivity index (χ0) is 14.1. The van der Waals surface area contributed by atoms with Crippen LogP contribution in [0.1, 0.15) is 31.4 Å². The van der Waals surface area contributed by atoms with Gasteiger partial charge in [-0.15, -0.1) is 0 Å². The number of aryl methyl sites for hydroxylation is 1. The number of carbonyl (C=O) groups is 1. The summed E-state index contributed by atoms with van der Waals surface area (Å²) in [5.41, 5.74) is 3.32. The van der Waals surface area contributed by atoms with Gasteiger partial charge in [0, 0.05) is 18.7 Å². The Morgan fingerprint density at radius 3 is 2.37 bits per heavy atom. The van der Waals surface area contributed by atoms with E-state index in [0.29, 0.717) is 13.0 Å². The van der Waals surface area contributed by atoms with Crippen LogP contribution in [0.25, 0.3) is 0 Å². The maximum Gasteiger partial charge on any atom is 0.333 e. The molecule has 0 aliphatic carbocycles. The summed E-state index contributed by atoms with van der Waals surface area (Å²) in [6.07, 6.45) is 3.65. The third-order valence-electron chi connectivity index (χ3n) is 3.08. The van der Waals surface area contributed by atoms with Crippen molar-refractivity contribution in [3.8, 4) is 0 Å². The minimum absolute atomic E-state index is 0.239. The van der Waals surface area contributed by atoms with E-state index in [9.17, 15) is 4.79 Å². The zero-order valence-electron chi connectivity index (χ0n) is 12.0. The molecular weight excluding hydrogens is 238 g/mol. The molecule has 104 valence electrons. The highest BCUT2D eigenvalue weighted by Crippen LogP contribution is 2.05. The van der Waals surface area contributed by atoms with Crippen molar-refractivity contribution in [2.45, 2.75) is 33.2 Å². The maximum absolute atomic E-state index is 11.4. The predicted octanol–water partition coefficient (Wildman–Crippen LogP) is 2.85. The molecule has 0 aromatic heterocycles. The van der Waals surface area contributed by atoms with Crippen LogP contribution in [-0.2, 0) is 22.5 Å². The van der Waals surface area contributed by atoms with Crippen molar-refractivity contribution < 1.29 is 9.53 Å². The van der Waals surface area contributed by atoms with E-state index in [4.69, 9.17) is 4.74 Å². The minimum Gasteiger partial charge on any atom is -0.466 e. The van der Waals surface area contributed by atoms with Gasteiger partial charge in [-0.1, -0.05) is 44.2 Å². The molecule has 1 rings (SSSR count). The average Bonchev–Trinajstić information content (AvgIpc) is 2.47. The third-order valence-corrected chi connectivity index (χ3v) is 3.08. The highest BCUT2D eigenvalue weighted by molar-refractivity contribution is 5.88. The second kappa shape index (κ2) is 8.48. The van der Waals surface area contributed by atoms with Crippen LogP contribution in [0, 0.1) is 0 Å². The molecule has 0 saturated carbocycles. The van der Waals surface area contributed by atoms with Gasteiger partial charge in [0.1, 0.15) is 0 Å². The Balaban J connectivity index is 2.40. The van der Waals surface area contributed by atoms with E-state index in [1.807, 2.05) is 13.0 Å². The van der Waals surface area contributed by atoms with Crippen LogP contribution < -0.4 is 5.32 Å². The lowest BCUT2D eigenvalue weighted by molar-refractivity contribution is -0.136. The minimum atomic E-state index is -0.239. The summed E-state index contributed by atoms with van der Waals surface area (Å²) >= 11 is 0. The summed E-state index contributed by atoms with van der Waals surface area (Å²) in [6.45, 7) is 5.58. The Labute approximate surface area is 115 Å². The van der Waals surface area contributed by atoms with Crippen LogP contribution in [0.5, 0.6) is 0 Å². The molecule has 0 fully saturated rings. The molecule has 1 N–H and O–H groups in total. The van der Waals surface area contributed by atoms with Crippen molar-refractivity contribution >= 4 is 5.97 Å². The van der Waals surface area contributed by atoms with Crippen LogP contribution in [0.2, 0.25) is 0 Å². The number of hydrogen-bond donors (Lipinski definition) is 1. The van der Waals surface area contributed by atoms with Gasteiger partial charge in [0.15, 0.2) is 0 Å². The van der Waals surface area contributed by atoms with E-state index in [2.05, 4.69) is 36.5 Å². The van der Waals surface area contributed by atoms with Crippen LogP contribution >= 0.6 is 0 Å². The van der Waals surface area contributed by atoms with Crippen LogP contribution in [0.3, 0.4) is 0 Å². The Hall–Kier alpha value is -1.61. The summed E-state index contributed by atoms with van der Waals surface area (Å²) in [7, 11) is 1.41. The van der Waals surface area contributed by atoms with Gasteiger partial charge in [-0.2, -0.15) is 0 Å². The third kappa shape index (κ3) is 5.26. The fourth-order valence-corrected chi connectivity index (χ4v) is 1.81. The average molecular weight is 261 g/mol. The lowest BCUT2D eigenvalue weighted by Gasteiger charge is -2.05. The van der Waals surface area contributed by atoms with Crippen LogP contribution in [0.15, 0.2) is 35.9 Å². The Morgan fingerprint density at radius 1 is 1.21 bits per heavy atom. The fourth-order valence-electron chi connectivity index (χ4n) is 1.81. The van der Waals surface area contributed by atoms with Crippen molar-refractivity contribution in [2.75, 3.05) is 13.7 Å². The molecule has 0 spiro atoms. The molecule has 3 heteroatoms. The van der Waals surface area contributed by atoms with Gasteiger partial charge >= 0.3 is 5.97 Å². The molecule has 0 atom stereocenters. The van der Waals surface area contributed by atoms with Gasteiger partial charge < -0.3 is 10.1 Å². The number of nitrogens with one attached hydrogen (secondary N) is 1. The van der Waals surface area contributed by atoms with Gasteiger partial charge in [-0.3, -0.25) is 0 Å². The Bertz CT molecular complexity index is 421. The Kier molecular flexibility index (Phi) is 6.90. The number of esters is 1. The van der Waals surface area contributed by atoms with Crippen LogP contribution in [-0.4, -0.2) is 19.6 Å². The van der Waals surface area contributed by atoms with Crippen molar-refractivity contribution in [2.24, 2.45) is 0 Å². The summed E-state index contributed by atoms with van der Waals surface area (Å²) in [4.78, 5) is 11.4. The fraction of sp³-hybridized carbons (Fsp3) is 0.438. The number of rotatable bonds is 7. The van der Waals surface area contributed by atoms with Gasteiger partial charge in [-0.05, 0) is 24.0 Å². The molecule has 0 saturated heterocycles. The first kappa shape index (κ1) is 15.4. The molecule has 0 unspecified atom stereocenters. The lowest BCUT2D eigenvalue weighted by Crippen LogP contribution is -2.15. The highest BCUT2D eigenvalue weighted by atomic mass is 16.5. The molecule has 0 bridgehead atoms. The van der Waals surface area contributed by atoms with E-state index in [1.54, 1.807) is 0 Å². The number of hydrogen-bond acceptors (Lipinski definition) is 3. The summed E-state index contributed by atoms with van der Waals surface area (Å²) < 4.78 is 4.71. The molecule has 3 nitrogen and oxygen atoms in total. The van der Waals surface area contributed by atoms with Crippen molar-refractivity contribution in [1.29, 1.82) is 0 Å². The normalized spacial score (nSPS) is 11.4. The SMILES string of the molecule is CC/C(=C/CNCc1ccc(CC)cc1)C(=O)OC. The predicted molar refractivity (Wildman–Crippen MR) is 77.9 cm³/mol. The second-order valence-electron chi connectivity index (χ2n) is 4.38. The number of ether oxygens (including phenoxy) is 1. The standard InChI is InChI=1S/C16H23NO2/c1-4-13-6-8-14(9-7-13)12-17-11-10-15(5-2)16(18)19-3/h6-10,17H,4-5,11-12H2,1-3H3/b15-10-. The molecule has 0 aliphatic rings. The van der Waals surface area contributed by atoms with Gasteiger partial charge in [-0.25, -0.2) is 4.79 Å². The smallest absolute Gasteiger partial charge is 0.333 e. The molecule has 1 aromatic rings. The van der Waals surface area contributed by atoms with Crippen LogP contribution in [0.4, 0.5) is 0 Å². The molecule has 0 radical (unpaired) electrons. The molecule has 0 heterocycles. The zero-order valence-corrected chi connectivity index (χ0v) is 12.0.